The van der Waals surface area contributed by atoms with Crippen molar-refractivity contribution in [3.63, 3.8) is 0 Å². The fourth-order valence-electron chi connectivity index (χ4n) is 3.87. The van der Waals surface area contributed by atoms with Crippen LogP contribution in [-0.2, 0) is 0 Å². The third-order valence-electron chi connectivity index (χ3n) is 5.15. The van der Waals surface area contributed by atoms with Crippen molar-refractivity contribution in [2.75, 3.05) is 13.7 Å². The summed E-state index contributed by atoms with van der Waals surface area (Å²) in [6.45, 7) is 4.64. The molecule has 0 spiro atoms. The summed E-state index contributed by atoms with van der Waals surface area (Å²) in [5.41, 5.74) is 4.48. The molecule has 6 heteroatoms. The maximum atomic E-state index is 13.1. The first kappa shape index (κ1) is 18.1. The minimum Gasteiger partial charge on any atom is -0.507 e. The largest absolute Gasteiger partial charge is 0.507 e. The molecule has 6 nitrogen and oxygen atoms in total. The van der Waals surface area contributed by atoms with Crippen molar-refractivity contribution in [2.45, 2.75) is 26.3 Å². The van der Waals surface area contributed by atoms with Gasteiger partial charge in [0.1, 0.15) is 22.9 Å². The highest BCUT2D eigenvalue weighted by Crippen LogP contribution is 2.45. The zero-order valence-corrected chi connectivity index (χ0v) is 16.2. The summed E-state index contributed by atoms with van der Waals surface area (Å²) >= 11 is 0. The van der Waals surface area contributed by atoms with Crippen LogP contribution in [0.25, 0.3) is 11.3 Å². The number of hydrogen-bond acceptors (Lipinski definition) is 4. The highest BCUT2D eigenvalue weighted by molar-refractivity contribution is 6.00. The first-order chi connectivity index (χ1) is 13.5. The maximum Gasteiger partial charge on any atom is 0.273 e. The summed E-state index contributed by atoms with van der Waals surface area (Å²) < 4.78 is 5.39. The number of amides is 1. The summed E-state index contributed by atoms with van der Waals surface area (Å²) in [7, 11) is 1.63. The van der Waals surface area contributed by atoms with Crippen LogP contribution >= 0.6 is 0 Å². The van der Waals surface area contributed by atoms with Gasteiger partial charge < -0.3 is 14.7 Å². The first-order valence-electron chi connectivity index (χ1n) is 9.38. The number of methoxy groups -OCH3 is 1. The van der Waals surface area contributed by atoms with E-state index in [1.165, 1.54) is 0 Å². The van der Waals surface area contributed by atoms with E-state index in [2.05, 4.69) is 10.2 Å². The van der Waals surface area contributed by atoms with Gasteiger partial charge in [-0.25, -0.2) is 0 Å². The number of carbonyl (C=O) groups is 1. The molecule has 28 heavy (non-hydrogen) atoms. The minimum absolute atomic E-state index is 0.0736. The van der Waals surface area contributed by atoms with E-state index in [0.717, 1.165) is 28.9 Å². The average molecular weight is 377 g/mol. The van der Waals surface area contributed by atoms with Gasteiger partial charge in [0.15, 0.2) is 0 Å². The number of carbonyl (C=O) groups excluding carboxylic acids is 1. The third kappa shape index (κ3) is 2.81. The fraction of sp³-hybridized carbons (Fsp3) is 0.273. The maximum absolute atomic E-state index is 13.1. The van der Waals surface area contributed by atoms with Crippen LogP contribution < -0.4 is 4.74 Å². The zero-order chi connectivity index (χ0) is 19.8. The quantitative estimate of drug-likeness (QED) is 0.703. The number of hydrogen-bond donors (Lipinski definition) is 2. The van der Waals surface area contributed by atoms with Crippen molar-refractivity contribution < 1.29 is 14.6 Å². The van der Waals surface area contributed by atoms with Crippen molar-refractivity contribution >= 4 is 5.91 Å². The molecule has 2 aromatic carbocycles. The Kier molecular flexibility index (Phi) is 4.55. The van der Waals surface area contributed by atoms with Crippen LogP contribution in [0.4, 0.5) is 0 Å². The summed E-state index contributed by atoms with van der Waals surface area (Å²) in [5, 5.41) is 17.8. The number of rotatable bonds is 5. The van der Waals surface area contributed by atoms with Gasteiger partial charge in [-0.1, -0.05) is 30.7 Å². The fourth-order valence-corrected chi connectivity index (χ4v) is 3.87. The Hall–Kier alpha value is -3.28. The van der Waals surface area contributed by atoms with Gasteiger partial charge in [0.25, 0.3) is 5.91 Å². The molecule has 1 aromatic heterocycles. The van der Waals surface area contributed by atoms with Crippen molar-refractivity contribution in [3.05, 3.63) is 64.8 Å². The van der Waals surface area contributed by atoms with Gasteiger partial charge in [0.2, 0.25) is 0 Å². The van der Waals surface area contributed by atoms with Crippen LogP contribution in [0.3, 0.4) is 0 Å². The second-order valence-electron chi connectivity index (χ2n) is 7.06. The molecule has 1 aliphatic rings. The Morgan fingerprint density at radius 2 is 2.07 bits per heavy atom. The Morgan fingerprint density at radius 3 is 2.82 bits per heavy atom. The Labute approximate surface area is 163 Å². The third-order valence-corrected chi connectivity index (χ3v) is 5.15. The molecule has 0 radical (unpaired) electrons. The lowest BCUT2D eigenvalue weighted by Crippen LogP contribution is -2.30. The van der Waals surface area contributed by atoms with Gasteiger partial charge in [-0.15, -0.1) is 0 Å². The molecule has 2 N–H and O–H groups in total. The molecule has 0 unspecified atom stereocenters. The van der Waals surface area contributed by atoms with E-state index in [4.69, 9.17) is 4.74 Å². The number of ether oxygens (including phenoxy) is 1. The van der Waals surface area contributed by atoms with E-state index < -0.39 is 0 Å². The lowest BCUT2D eigenvalue weighted by atomic mass is 9.95. The second kappa shape index (κ2) is 7.03. The Bertz CT molecular complexity index is 1040. The van der Waals surface area contributed by atoms with Gasteiger partial charge in [-0.05, 0) is 43.2 Å². The lowest BCUT2D eigenvalue weighted by Gasteiger charge is -2.26. The Morgan fingerprint density at radius 1 is 1.25 bits per heavy atom. The molecule has 2 heterocycles. The molecule has 144 valence electrons. The SMILES string of the molecule is CCCN1C(=O)c2[nH]nc(-c3cc(C)ccc3O)c2[C@@H]1c1cccc(OC)c1. The number of nitrogens with zero attached hydrogens (tertiary/aromatic N) is 2. The van der Waals surface area contributed by atoms with E-state index in [9.17, 15) is 9.90 Å². The topological polar surface area (TPSA) is 78.5 Å². The molecule has 1 aliphatic heterocycles. The number of benzene rings is 2. The van der Waals surface area contributed by atoms with Gasteiger partial charge in [0, 0.05) is 17.7 Å². The van der Waals surface area contributed by atoms with Gasteiger partial charge in [-0.2, -0.15) is 5.10 Å². The van der Waals surface area contributed by atoms with Crippen LogP contribution in [-0.4, -0.2) is 39.8 Å². The number of phenolic OH excluding ortho intramolecular Hbond substituents is 1. The minimum atomic E-state index is -0.286. The summed E-state index contributed by atoms with van der Waals surface area (Å²) in [4.78, 5) is 14.9. The zero-order valence-electron chi connectivity index (χ0n) is 16.2. The van der Waals surface area contributed by atoms with Gasteiger partial charge in [0.05, 0.1) is 13.2 Å². The smallest absolute Gasteiger partial charge is 0.273 e. The number of aromatic nitrogens is 2. The van der Waals surface area contributed by atoms with Crippen molar-refractivity contribution in [1.29, 1.82) is 0 Å². The predicted octanol–water partition coefficient (Wildman–Crippen LogP) is 4.05. The summed E-state index contributed by atoms with van der Waals surface area (Å²) in [6, 6.07) is 12.9. The van der Waals surface area contributed by atoms with Crippen molar-refractivity contribution in [3.8, 4) is 22.8 Å². The van der Waals surface area contributed by atoms with Crippen LogP contribution in [0.15, 0.2) is 42.5 Å². The van der Waals surface area contributed by atoms with Crippen molar-refractivity contribution in [2.24, 2.45) is 0 Å². The van der Waals surface area contributed by atoms with Crippen LogP contribution in [0.2, 0.25) is 0 Å². The average Bonchev–Trinajstić information content (AvgIpc) is 3.24. The van der Waals surface area contributed by atoms with E-state index in [0.29, 0.717) is 23.5 Å². The molecular formula is C22H23N3O3. The second-order valence-corrected chi connectivity index (χ2v) is 7.06. The molecule has 0 bridgehead atoms. The molecule has 1 atom stereocenters. The molecule has 1 amide bonds. The molecule has 0 fully saturated rings. The van der Waals surface area contributed by atoms with Crippen LogP contribution in [0, 0.1) is 6.92 Å². The first-order valence-corrected chi connectivity index (χ1v) is 9.38. The number of aromatic amines is 1. The number of H-pyrrole nitrogens is 1. The number of aryl methyl sites for hydroxylation is 1. The highest BCUT2D eigenvalue weighted by atomic mass is 16.5. The number of fused-ring (bicyclic) bond motifs is 1. The molecule has 0 saturated carbocycles. The molecule has 4 rings (SSSR count). The standard InChI is InChI=1S/C22H23N3O3/c1-4-10-25-21(14-6-5-7-15(12-14)28-3)18-19(23-24-20(18)22(25)27)16-11-13(2)8-9-17(16)26/h5-9,11-12,21,26H,4,10H2,1-3H3,(H,23,24)/t21-/m0/s1. The molecule has 0 aliphatic carbocycles. The van der Waals surface area contributed by atoms with Gasteiger partial charge >= 0.3 is 0 Å². The summed E-state index contributed by atoms with van der Waals surface area (Å²) in [5.74, 6) is 0.805. The number of nitrogens with one attached hydrogen (secondary N) is 1. The van der Waals surface area contributed by atoms with Crippen molar-refractivity contribution in [1.82, 2.24) is 15.1 Å². The lowest BCUT2D eigenvalue weighted by molar-refractivity contribution is 0.0744. The monoisotopic (exact) mass is 377 g/mol. The normalized spacial score (nSPS) is 15.8. The Balaban J connectivity index is 1.92. The van der Waals surface area contributed by atoms with E-state index in [-0.39, 0.29) is 17.7 Å². The predicted molar refractivity (Wildman–Crippen MR) is 107 cm³/mol. The van der Waals surface area contributed by atoms with Crippen LogP contribution in [0.1, 0.15) is 46.6 Å². The highest BCUT2D eigenvalue weighted by Gasteiger charge is 2.42. The van der Waals surface area contributed by atoms with E-state index in [1.807, 2.05) is 55.1 Å². The molecule has 3 aromatic rings. The van der Waals surface area contributed by atoms with Gasteiger partial charge in [-0.3, -0.25) is 9.89 Å². The molecule has 0 saturated heterocycles. The van der Waals surface area contributed by atoms with E-state index in [1.54, 1.807) is 13.2 Å². The summed E-state index contributed by atoms with van der Waals surface area (Å²) in [6.07, 6.45) is 0.842. The number of aromatic hydroxyl groups is 1. The number of phenols is 1. The van der Waals surface area contributed by atoms with E-state index >= 15 is 0 Å². The molecular weight excluding hydrogens is 354 g/mol. The van der Waals surface area contributed by atoms with Crippen LogP contribution in [0.5, 0.6) is 11.5 Å².